The molecule has 2 N–H and O–H groups in total. The topological polar surface area (TPSA) is 54.0 Å². The van der Waals surface area contributed by atoms with Crippen LogP contribution in [0.5, 0.6) is 0 Å². The van der Waals surface area contributed by atoms with Gasteiger partial charge in [0, 0.05) is 6.04 Å². The van der Waals surface area contributed by atoms with Crippen molar-refractivity contribution in [2.24, 2.45) is 0 Å². The average molecular weight is 219 g/mol. The van der Waals surface area contributed by atoms with E-state index in [1.54, 1.807) is 6.20 Å². The molecule has 1 heterocycles. The van der Waals surface area contributed by atoms with Crippen LogP contribution in [0, 0.1) is 0 Å². The van der Waals surface area contributed by atoms with E-state index in [9.17, 15) is 4.79 Å². The molecule has 0 atom stereocenters. The molecule has 1 aromatic rings. The van der Waals surface area contributed by atoms with Crippen molar-refractivity contribution in [3.63, 3.8) is 0 Å². The standard InChI is InChI=1S/C12H17N3O/c16-9-14-11-6-7-12(13-8-11)15-10-4-2-1-3-5-10/h6-10H,1-5H2,(H,13,15)(H,14,16). The summed E-state index contributed by atoms with van der Waals surface area (Å²) in [6.07, 6.45) is 8.76. The van der Waals surface area contributed by atoms with Crippen molar-refractivity contribution in [3.8, 4) is 0 Å². The summed E-state index contributed by atoms with van der Waals surface area (Å²) < 4.78 is 0. The van der Waals surface area contributed by atoms with E-state index < -0.39 is 0 Å². The minimum Gasteiger partial charge on any atom is -0.367 e. The summed E-state index contributed by atoms with van der Waals surface area (Å²) in [5.74, 6) is 0.892. The lowest BCUT2D eigenvalue weighted by Crippen LogP contribution is -2.22. The Kier molecular flexibility index (Phi) is 3.75. The van der Waals surface area contributed by atoms with Crippen LogP contribution in [-0.4, -0.2) is 17.4 Å². The minimum absolute atomic E-state index is 0.561. The van der Waals surface area contributed by atoms with Crippen LogP contribution in [0.4, 0.5) is 11.5 Å². The quantitative estimate of drug-likeness (QED) is 0.764. The maximum Gasteiger partial charge on any atom is 0.211 e. The number of aromatic nitrogens is 1. The zero-order valence-corrected chi connectivity index (χ0v) is 9.28. The molecule has 0 radical (unpaired) electrons. The van der Waals surface area contributed by atoms with Crippen LogP contribution in [0.25, 0.3) is 0 Å². The molecule has 0 unspecified atom stereocenters. The summed E-state index contributed by atoms with van der Waals surface area (Å²) in [5.41, 5.74) is 0.726. The molecule has 4 heteroatoms. The van der Waals surface area contributed by atoms with Crippen molar-refractivity contribution in [1.29, 1.82) is 0 Å². The molecule has 4 nitrogen and oxygen atoms in total. The molecule has 1 saturated carbocycles. The smallest absolute Gasteiger partial charge is 0.211 e. The van der Waals surface area contributed by atoms with Crippen LogP contribution < -0.4 is 10.6 Å². The van der Waals surface area contributed by atoms with E-state index in [1.807, 2.05) is 12.1 Å². The Morgan fingerprint density at radius 1 is 1.25 bits per heavy atom. The largest absolute Gasteiger partial charge is 0.367 e. The number of pyridine rings is 1. The van der Waals surface area contributed by atoms with E-state index in [2.05, 4.69) is 15.6 Å². The number of nitrogens with one attached hydrogen (secondary N) is 2. The zero-order valence-electron chi connectivity index (χ0n) is 9.28. The molecule has 1 aliphatic rings. The van der Waals surface area contributed by atoms with E-state index in [4.69, 9.17) is 0 Å². The van der Waals surface area contributed by atoms with E-state index in [0.29, 0.717) is 12.5 Å². The average Bonchev–Trinajstić information content (AvgIpc) is 2.33. The number of nitrogens with zero attached hydrogens (tertiary/aromatic N) is 1. The molecule has 0 aromatic carbocycles. The van der Waals surface area contributed by atoms with E-state index >= 15 is 0 Å². The van der Waals surface area contributed by atoms with Crippen molar-refractivity contribution < 1.29 is 4.79 Å². The number of amides is 1. The van der Waals surface area contributed by atoms with Crippen molar-refractivity contribution in [3.05, 3.63) is 18.3 Å². The molecular formula is C12H17N3O. The van der Waals surface area contributed by atoms with Crippen LogP contribution in [0.2, 0.25) is 0 Å². The number of hydrogen-bond donors (Lipinski definition) is 2. The lowest BCUT2D eigenvalue weighted by molar-refractivity contribution is -0.105. The van der Waals surface area contributed by atoms with Gasteiger partial charge in [-0.15, -0.1) is 0 Å². The summed E-state index contributed by atoms with van der Waals surface area (Å²) in [4.78, 5) is 14.5. The van der Waals surface area contributed by atoms with E-state index in [1.165, 1.54) is 32.1 Å². The van der Waals surface area contributed by atoms with Gasteiger partial charge in [0.25, 0.3) is 0 Å². The van der Waals surface area contributed by atoms with Crippen molar-refractivity contribution >= 4 is 17.9 Å². The van der Waals surface area contributed by atoms with Crippen LogP contribution in [0.3, 0.4) is 0 Å². The lowest BCUT2D eigenvalue weighted by atomic mass is 9.95. The third-order valence-electron chi connectivity index (χ3n) is 2.95. The summed E-state index contributed by atoms with van der Waals surface area (Å²) in [7, 11) is 0. The van der Waals surface area contributed by atoms with Gasteiger partial charge < -0.3 is 10.6 Å². The highest BCUT2D eigenvalue weighted by atomic mass is 16.1. The zero-order chi connectivity index (χ0) is 11.2. The molecule has 0 bridgehead atoms. The van der Waals surface area contributed by atoms with Gasteiger partial charge in [0.1, 0.15) is 5.82 Å². The van der Waals surface area contributed by atoms with Gasteiger partial charge >= 0.3 is 0 Å². The summed E-state index contributed by atoms with van der Waals surface area (Å²) in [6, 6.07) is 4.32. The third-order valence-corrected chi connectivity index (χ3v) is 2.95. The van der Waals surface area contributed by atoms with Gasteiger partial charge in [0.2, 0.25) is 6.41 Å². The lowest BCUT2D eigenvalue weighted by Gasteiger charge is -2.23. The first-order valence-electron chi connectivity index (χ1n) is 5.81. The summed E-state index contributed by atoms with van der Waals surface area (Å²) in [6.45, 7) is 0. The Balaban J connectivity index is 1.90. The first kappa shape index (κ1) is 10.9. The molecule has 2 rings (SSSR count). The normalized spacial score (nSPS) is 16.8. The molecule has 16 heavy (non-hydrogen) atoms. The Bertz CT molecular complexity index is 331. The van der Waals surface area contributed by atoms with E-state index in [-0.39, 0.29) is 0 Å². The second kappa shape index (κ2) is 5.49. The van der Waals surface area contributed by atoms with Crippen LogP contribution in [0.15, 0.2) is 18.3 Å². The van der Waals surface area contributed by atoms with Crippen LogP contribution in [-0.2, 0) is 4.79 Å². The second-order valence-electron chi connectivity index (χ2n) is 4.17. The molecule has 1 aliphatic carbocycles. The van der Waals surface area contributed by atoms with Crippen molar-refractivity contribution in [2.45, 2.75) is 38.1 Å². The van der Waals surface area contributed by atoms with Crippen molar-refractivity contribution in [2.75, 3.05) is 10.6 Å². The third kappa shape index (κ3) is 2.95. The van der Waals surface area contributed by atoms with Gasteiger partial charge in [-0.1, -0.05) is 19.3 Å². The van der Waals surface area contributed by atoms with Gasteiger partial charge in [0.05, 0.1) is 11.9 Å². The molecule has 0 spiro atoms. The Morgan fingerprint density at radius 3 is 2.69 bits per heavy atom. The molecular weight excluding hydrogens is 202 g/mol. The highest BCUT2D eigenvalue weighted by molar-refractivity contribution is 5.70. The van der Waals surface area contributed by atoms with Crippen molar-refractivity contribution in [1.82, 2.24) is 4.98 Å². The van der Waals surface area contributed by atoms with E-state index in [0.717, 1.165) is 11.5 Å². The first-order valence-corrected chi connectivity index (χ1v) is 5.81. The maximum absolute atomic E-state index is 10.2. The highest BCUT2D eigenvalue weighted by Crippen LogP contribution is 2.21. The summed E-state index contributed by atoms with van der Waals surface area (Å²) >= 11 is 0. The van der Waals surface area contributed by atoms with Gasteiger partial charge in [-0.2, -0.15) is 0 Å². The number of carbonyl (C=O) groups is 1. The maximum atomic E-state index is 10.2. The molecule has 1 fully saturated rings. The highest BCUT2D eigenvalue weighted by Gasteiger charge is 2.12. The fourth-order valence-electron chi connectivity index (χ4n) is 2.09. The van der Waals surface area contributed by atoms with Crippen LogP contribution in [0.1, 0.15) is 32.1 Å². The van der Waals surface area contributed by atoms with Gasteiger partial charge in [-0.25, -0.2) is 4.98 Å². The Hall–Kier alpha value is -1.58. The predicted molar refractivity (Wildman–Crippen MR) is 64.4 cm³/mol. The molecule has 1 aromatic heterocycles. The molecule has 0 aliphatic heterocycles. The SMILES string of the molecule is O=CNc1ccc(NC2CCCCC2)nc1. The van der Waals surface area contributed by atoms with Gasteiger partial charge in [-0.3, -0.25) is 4.79 Å². The van der Waals surface area contributed by atoms with Crippen LogP contribution >= 0.6 is 0 Å². The number of hydrogen-bond acceptors (Lipinski definition) is 3. The molecule has 0 saturated heterocycles. The monoisotopic (exact) mass is 219 g/mol. The number of carbonyl (C=O) groups excluding carboxylic acids is 1. The van der Waals surface area contributed by atoms with Gasteiger partial charge in [-0.05, 0) is 25.0 Å². The Morgan fingerprint density at radius 2 is 2.06 bits per heavy atom. The summed E-state index contributed by atoms with van der Waals surface area (Å²) in [5, 5.41) is 5.99. The molecule has 1 amide bonds. The fourth-order valence-corrected chi connectivity index (χ4v) is 2.09. The minimum atomic E-state index is 0.561. The Labute approximate surface area is 95.5 Å². The number of anilines is 2. The second-order valence-corrected chi connectivity index (χ2v) is 4.17. The van der Waals surface area contributed by atoms with Gasteiger partial charge in [0.15, 0.2) is 0 Å². The molecule has 86 valence electrons. The fraction of sp³-hybridized carbons (Fsp3) is 0.500. The first-order chi connectivity index (χ1) is 7.88. The number of rotatable bonds is 4. The predicted octanol–water partition coefficient (Wildman–Crippen LogP) is 2.39.